The van der Waals surface area contributed by atoms with E-state index in [1.54, 1.807) is 13.2 Å². The maximum atomic E-state index is 12.0. The van der Waals surface area contributed by atoms with Crippen LogP contribution < -0.4 is 5.32 Å². The van der Waals surface area contributed by atoms with E-state index in [9.17, 15) is 20.0 Å². The molecule has 0 aliphatic carbocycles. The topological polar surface area (TPSA) is 97.4 Å². The molecule has 0 fully saturated rings. The Morgan fingerprint density at radius 2 is 2.15 bits per heavy atom. The highest BCUT2D eigenvalue weighted by Crippen LogP contribution is 2.28. The van der Waals surface area contributed by atoms with Crippen LogP contribution in [0.15, 0.2) is 30.5 Å². The summed E-state index contributed by atoms with van der Waals surface area (Å²) in [5, 5.41) is 23.1. The zero-order chi connectivity index (χ0) is 14.9. The molecule has 0 bridgehead atoms. The summed E-state index contributed by atoms with van der Waals surface area (Å²) in [6.45, 7) is 0. The molecule has 8 heteroatoms. The van der Waals surface area contributed by atoms with E-state index in [1.165, 1.54) is 22.8 Å². The lowest BCUT2D eigenvalue weighted by molar-refractivity contribution is -0.384. The number of nitrogens with zero attached hydrogens (tertiary/aromatic N) is 2. The fourth-order valence-corrected chi connectivity index (χ4v) is 1.93. The number of aryl methyl sites for hydroxylation is 1. The summed E-state index contributed by atoms with van der Waals surface area (Å²) in [4.78, 5) is 21.9. The van der Waals surface area contributed by atoms with Crippen LogP contribution >= 0.6 is 11.6 Å². The Morgan fingerprint density at radius 1 is 1.45 bits per heavy atom. The molecule has 2 N–H and O–H groups in total. The minimum Gasteiger partial charge on any atom is -0.506 e. The first-order valence-electron chi connectivity index (χ1n) is 5.49. The lowest BCUT2D eigenvalue weighted by atomic mass is 10.2. The second-order valence-corrected chi connectivity index (χ2v) is 4.50. The Hall–Kier alpha value is -2.54. The highest BCUT2D eigenvalue weighted by molar-refractivity contribution is 6.31. The Balaban J connectivity index is 2.24. The van der Waals surface area contributed by atoms with Gasteiger partial charge < -0.3 is 15.0 Å². The fourth-order valence-electron chi connectivity index (χ4n) is 1.68. The third-order valence-corrected chi connectivity index (χ3v) is 2.85. The number of nitro groups is 1. The predicted molar refractivity (Wildman–Crippen MR) is 73.1 cm³/mol. The first-order valence-corrected chi connectivity index (χ1v) is 5.87. The SMILES string of the molecule is Cn1cc(Cl)cc1C(=O)Nc1ccc([N+](=O)[O-])cc1O. The summed E-state index contributed by atoms with van der Waals surface area (Å²) in [6, 6.07) is 4.89. The van der Waals surface area contributed by atoms with Gasteiger partial charge in [-0.15, -0.1) is 0 Å². The molecule has 1 aromatic heterocycles. The van der Waals surface area contributed by atoms with Gasteiger partial charge in [0.05, 0.1) is 21.7 Å². The zero-order valence-corrected chi connectivity index (χ0v) is 11.1. The van der Waals surface area contributed by atoms with Crippen molar-refractivity contribution in [2.75, 3.05) is 5.32 Å². The van der Waals surface area contributed by atoms with Gasteiger partial charge in [-0.25, -0.2) is 0 Å². The number of rotatable bonds is 3. The summed E-state index contributed by atoms with van der Waals surface area (Å²) >= 11 is 5.77. The first kappa shape index (κ1) is 13.9. The minimum absolute atomic E-state index is 0.0814. The Kier molecular flexibility index (Phi) is 3.62. The van der Waals surface area contributed by atoms with Gasteiger partial charge in [-0.2, -0.15) is 0 Å². The third kappa shape index (κ3) is 2.72. The number of nitrogens with one attached hydrogen (secondary N) is 1. The number of hydrogen-bond donors (Lipinski definition) is 2. The molecule has 1 heterocycles. The number of carbonyl (C=O) groups excluding carboxylic acids is 1. The van der Waals surface area contributed by atoms with Gasteiger partial charge in [0.25, 0.3) is 11.6 Å². The van der Waals surface area contributed by atoms with Crippen molar-refractivity contribution in [1.29, 1.82) is 0 Å². The van der Waals surface area contributed by atoms with Gasteiger partial charge in [0, 0.05) is 19.3 Å². The molecular formula is C12H10ClN3O4. The number of hydrogen-bond acceptors (Lipinski definition) is 4. The van der Waals surface area contributed by atoms with Crippen LogP contribution in [-0.2, 0) is 7.05 Å². The van der Waals surface area contributed by atoms with Crippen LogP contribution in [0.5, 0.6) is 5.75 Å². The molecule has 0 atom stereocenters. The standard InChI is InChI=1S/C12H10ClN3O4/c1-15-6-7(13)4-10(15)12(18)14-9-3-2-8(16(19)20)5-11(9)17/h2-6,17H,1H3,(H,14,18). The van der Waals surface area contributed by atoms with Crippen LogP contribution in [0.25, 0.3) is 0 Å². The Bertz CT molecular complexity index is 696. The van der Waals surface area contributed by atoms with Gasteiger partial charge >= 0.3 is 0 Å². The van der Waals surface area contributed by atoms with Gasteiger partial charge in [-0.05, 0) is 12.1 Å². The van der Waals surface area contributed by atoms with Crippen molar-refractivity contribution < 1.29 is 14.8 Å². The third-order valence-electron chi connectivity index (χ3n) is 2.64. The number of benzene rings is 1. The van der Waals surface area contributed by atoms with E-state index in [0.717, 1.165) is 6.07 Å². The number of aromatic hydroxyl groups is 1. The van der Waals surface area contributed by atoms with E-state index >= 15 is 0 Å². The van der Waals surface area contributed by atoms with Crippen molar-refractivity contribution in [3.8, 4) is 5.75 Å². The average molecular weight is 296 g/mol. The number of carbonyl (C=O) groups is 1. The van der Waals surface area contributed by atoms with Crippen LogP contribution in [0, 0.1) is 10.1 Å². The second kappa shape index (κ2) is 5.22. The molecule has 0 aliphatic heterocycles. The molecule has 0 saturated heterocycles. The van der Waals surface area contributed by atoms with Crippen LogP contribution in [-0.4, -0.2) is 20.5 Å². The Morgan fingerprint density at radius 3 is 2.65 bits per heavy atom. The number of phenols is 1. The van der Waals surface area contributed by atoms with Crippen molar-refractivity contribution in [3.05, 3.63) is 51.3 Å². The largest absolute Gasteiger partial charge is 0.506 e. The van der Waals surface area contributed by atoms with Crippen molar-refractivity contribution in [2.24, 2.45) is 7.05 Å². The van der Waals surface area contributed by atoms with Gasteiger partial charge in [-0.1, -0.05) is 11.6 Å². The second-order valence-electron chi connectivity index (χ2n) is 4.07. The van der Waals surface area contributed by atoms with Crippen LogP contribution in [0.3, 0.4) is 0 Å². The summed E-state index contributed by atoms with van der Waals surface area (Å²) < 4.78 is 1.53. The maximum Gasteiger partial charge on any atom is 0.273 e. The normalized spacial score (nSPS) is 10.3. The van der Waals surface area contributed by atoms with Crippen LogP contribution in [0.4, 0.5) is 11.4 Å². The Labute approximate surface area is 118 Å². The molecule has 0 unspecified atom stereocenters. The number of anilines is 1. The smallest absolute Gasteiger partial charge is 0.273 e. The molecule has 0 spiro atoms. The lowest BCUT2D eigenvalue weighted by Gasteiger charge is -2.07. The number of halogens is 1. The van der Waals surface area contributed by atoms with Gasteiger partial charge in [0.1, 0.15) is 11.4 Å². The minimum atomic E-state index is -0.637. The number of nitro benzene ring substituents is 1. The molecule has 1 amide bonds. The fraction of sp³-hybridized carbons (Fsp3) is 0.0833. The van der Waals surface area contributed by atoms with E-state index < -0.39 is 10.8 Å². The summed E-state index contributed by atoms with van der Waals surface area (Å²) in [6.07, 6.45) is 1.56. The van der Waals surface area contributed by atoms with E-state index in [0.29, 0.717) is 10.7 Å². The quantitative estimate of drug-likeness (QED) is 0.516. The number of non-ortho nitro benzene ring substituents is 1. The predicted octanol–water partition coefficient (Wildman–Crippen LogP) is 2.54. The molecule has 20 heavy (non-hydrogen) atoms. The molecule has 2 aromatic rings. The van der Waals surface area contributed by atoms with Crippen molar-refractivity contribution in [1.82, 2.24) is 4.57 Å². The molecule has 0 saturated carbocycles. The van der Waals surface area contributed by atoms with Crippen LogP contribution in [0.1, 0.15) is 10.5 Å². The molecule has 104 valence electrons. The summed E-state index contributed by atoms with van der Waals surface area (Å²) in [5.41, 5.74) is 0.119. The molecule has 0 aliphatic rings. The van der Waals surface area contributed by atoms with Crippen molar-refractivity contribution in [3.63, 3.8) is 0 Å². The molecule has 7 nitrogen and oxygen atoms in total. The number of aromatic nitrogens is 1. The highest BCUT2D eigenvalue weighted by atomic mass is 35.5. The van der Waals surface area contributed by atoms with Gasteiger partial charge in [0.2, 0.25) is 0 Å². The maximum absolute atomic E-state index is 12.0. The van der Waals surface area contributed by atoms with E-state index in [2.05, 4.69) is 5.32 Å². The molecule has 2 rings (SSSR count). The van der Waals surface area contributed by atoms with Crippen LogP contribution in [0.2, 0.25) is 5.02 Å². The summed E-state index contributed by atoms with van der Waals surface area (Å²) in [5.74, 6) is -0.864. The van der Waals surface area contributed by atoms with E-state index in [1.807, 2.05) is 0 Å². The van der Waals surface area contributed by atoms with Crippen molar-refractivity contribution >= 4 is 28.9 Å². The van der Waals surface area contributed by atoms with Crippen molar-refractivity contribution in [2.45, 2.75) is 0 Å². The van der Waals surface area contributed by atoms with Gasteiger partial charge in [-0.3, -0.25) is 14.9 Å². The first-order chi connectivity index (χ1) is 9.38. The van der Waals surface area contributed by atoms with E-state index in [4.69, 9.17) is 11.6 Å². The molecular weight excluding hydrogens is 286 g/mol. The summed E-state index contributed by atoms with van der Waals surface area (Å²) in [7, 11) is 1.65. The molecule has 0 radical (unpaired) electrons. The lowest BCUT2D eigenvalue weighted by Crippen LogP contribution is -2.15. The monoisotopic (exact) mass is 295 g/mol. The highest BCUT2D eigenvalue weighted by Gasteiger charge is 2.15. The average Bonchev–Trinajstić information content (AvgIpc) is 2.70. The zero-order valence-electron chi connectivity index (χ0n) is 10.3. The van der Waals surface area contributed by atoms with E-state index in [-0.39, 0.29) is 17.1 Å². The molecule has 1 aromatic carbocycles. The number of amides is 1. The van der Waals surface area contributed by atoms with Gasteiger partial charge in [0.15, 0.2) is 0 Å². The number of phenolic OH excluding ortho intramolecular Hbond substituents is 1.